The third-order valence-electron chi connectivity index (χ3n) is 5.11. The second-order valence-electron chi connectivity index (χ2n) is 7.19. The summed E-state index contributed by atoms with van der Waals surface area (Å²) < 4.78 is 15.9. The van der Waals surface area contributed by atoms with E-state index in [9.17, 15) is 4.79 Å². The molecule has 0 fully saturated rings. The molecule has 4 N–H and O–H groups in total. The molecule has 1 heterocycles. The molecule has 0 aliphatic carbocycles. The minimum Gasteiger partial charge on any atom is -0.493 e. The molecule has 0 saturated carbocycles. The Balaban J connectivity index is 1.56. The average molecular weight is 444 g/mol. The van der Waals surface area contributed by atoms with Gasteiger partial charge in [-0.25, -0.2) is 4.99 Å². The number of guanidine groups is 1. The number of hydrogen-bond acceptors (Lipinski definition) is 5. The van der Waals surface area contributed by atoms with Crippen molar-refractivity contribution >= 4 is 28.5 Å². The van der Waals surface area contributed by atoms with Gasteiger partial charge in [-0.1, -0.05) is 30.3 Å². The highest BCUT2D eigenvalue weighted by atomic mass is 16.5. The predicted molar refractivity (Wildman–Crippen MR) is 129 cm³/mol. The second-order valence-corrected chi connectivity index (χ2v) is 7.19. The zero-order valence-corrected chi connectivity index (χ0v) is 18.5. The summed E-state index contributed by atoms with van der Waals surface area (Å²) in [5.74, 6) is 0.629. The number of methoxy groups -OCH3 is 3. The van der Waals surface area contributed by atoms with Crippen LogP contribution in [0.5, 0.6) is 17.2 Å². The number of aromatic nitrogens is 1. The summed E-state index contributed by atoms with van der Waals surface area (Å²) in [7, 11) is 4.46. The highest BCUT2D eigenvalue weighted by molar-refractivity contribution is 6.06. The lowest BCUT2D eigenvalue weighted by atomic mass is 10.1. The van der Waals surface area contributed by atoms with Crippen molar-refractivity contribution in [3.63, 3.8) is 0 Å². The van der Waals surface area contributed by atoms with Crippen molar-refractivity contribution in [1.29, 1.82) is 0 Å². The van der Waals surface area contributed by atoms with E-state index in [0.29, 0.717) is 22.9 Å². The minimum absolute atomic E-state index is 0.0393. The van der Waals surface area contributed by atoms with E-state index >= 15 is 0 Å². The normalized spacial score (nSPS) is 11.3. The summed E-state index contributed by atoms with van der Waals surface area (Å²) in [6.45, 7) is 0. The molecule has 4 aromatic rings. The van der Waals surface area contributed by atoms with Gasteiger partial charge in [-0.05, 0) is 36.4 Å². The van der Waals surface area contributed by atoms with Gasteiger partial charge in [-0.3, -0.25) is 10.1 Å². The number of H-pyrrole nitrogens is 1. The zero-order chi connectivity index (χ0) is 23.4. The first kappa shape index (κ1) is 21.8. The van der Waals surface area contributed by atoms with Gasteiger partial charge in [0.05, 0.1) is 27.0 Å². The van der Waals surface area contributed by atoms with E-state index in [4.69, 9.17) is 19.9 Å². The molecule has 33 heavy (non-hydrogen) atoms. The molecule has 1 amide bonds. The van der Waals surface area contributed by atoms with Crippen LogP contribution in [-0.4, -0.2) is 38.2 Å². The number of carbonyl (C=O) groups excluding carboxylic acids is 1. The number of hydrogen-bond donors (Lipinski definition) is 3. The van der Waals surface area contributed by atoms with Crippen LogP contribution < -0.4 is 25.3 Å². The predicted octanol–water partition coefficient (Wildman–Crippen LogP) is 4.24. The van der Waals surface area contributed by atoms with Gasteiger partial charge in [-0.15, -0.1) is 0 Å². The van der Waals surface area contributed by atoms with Gasteiger partial charge in [0, 0.05) is 27.7 Å². The standard InChI is InChI=1S/C25H24N4O4/c1-31-21-13-17(14-22(32-2)23(21)33-3)24(30)29-25(26)27-18-9-6-8-15(11-18)20-12-16-7-4-5-10-19(16)28-20/h4-14,28H,1-3H3,(H3,26,27,29,30). The number of para-hydroxylation sites is 1. The molecule has 0 saturated heterocycles. The molecule has 168 valence electrons. The molecule has 1 aromatic heterocycles. The molecule has 3 aromatic carbocycles. The van der Waals surface area contributed by atoms with Gasteiger partial charge in [0.15, 0.2) is 11.5 Å². The lowest BCUT2D eigenvalue weighted by Crippen LogP contribution is -2.36. The smallest absolute Gasteiger partial charge is 0.258 e. The third kappa shape index (κ3) is 4.59. The maximum atomic E-state index is 12.7. The molecule has 0 radical (unpaired) electrons. The van der Waals surface area contributed by atoms with Gasteiger partial charge >= 0.3 is 0 Å². The number of ether oxygens (including phenoxy) is 3. The fourth-order valence-electron chi connectivity index (χ4n) is 3.54. The minimum atomic E-state index is -0.456. The maximum Gasteiger partial charge on any atom is 0.258 e. The van der Waals surface area contributed by atoms with Crippen LogP contribution in [0.15, 0.2) is 71.7 Å². The van der Waals surface area contributed by atoms with Crippen molar-refractivity contribution < 1.29 is 19.0 Å². The number of carbonyl (C=O) groups is 1. The Kier molecular flexibility index (Phi) is 6.17. The summed E-state index contributed by atoms with van der Waals surface area (Å²) in [4.78, 5) is 20.5. The van der Waals surface area contributed by atoms with Crippen molar-refractivity contribution in [2.75, 3.05) is 21.3 Å². The fourth-order valence-corrected chi connectivity index (χ4v) is 3.54. The molecule has 0 aliphatic rings. The van der Waals surface area contributed by atoms with Crippen molar-refractivity contribution in [1.82, 2.24) is 10.3 Å². The molecule has 0 bridgehead atoms. The largest absolute Gasteiger partial charge is 0.493 e. The molecule has 0 aliphatic heterocycles. The van der Waals surface area contributed by atoms with Gasteiger partial charge < -0.3 is 24.9 Å². The SMILES string of the molecule is COc1cc(C(=O)NC(N)=Nc2cccc(-c3cc4ccccc4[nH]3)c2)cc(OC)c1OC. The Morgan fingerprint density at radius 2 is 1.64 bits per heavy atom. The van der Waals surface area contributed by atoms with Crippen molar-refractivity contribution in [2.24, 2.45) is 10.7 Å². The first-order valence-electron chi connectivity index (χ1n) is 10.2. The summed E-state index contributed by atoms with van der Waals surface area (Å²) >= 11 is 0. The van der Waals surface area contributed by atoms with E-state index in [1.807, 2.05) is 48.5 Å². The van der Waals surface area contributed by atoms with Crippen LogP contribution in [-0.2, 0) is 0 Å². The first-order chi connectivity index (χ1) is 16.0. The van der Waals surface area contributed by atoms with E-state index in [2.05, 4.69) is 21.4 Å². The van der Waals surface area contributed by atoms with Crippen molar-refractivity contribution in [3.05, 3.63) is 72.3 Å². The third-order valence-corrected chi connectivity index (χ3v) is 5.11. The number of fused-ring (bicyclic) bond motifs is 1. The van der Waals surface area contributed by atoms with Crippen LogP contribution in [0.2, 0.25) is 0 Å². The average Bonchev–Trinajstić information content (AvgIpc) is 3.27. The van der Waals surface area contributed by atoms with Gasteiger partial charge in [0.1, 0.15) is 0 Å². The Morgan fingerprint density at radius 3 is 2.30 bits per heavy atom. The monoisotopic (exact) mass is 444 g/mol. The Bertz CT molecular complexity index is 1290. The number of aliphatic imine (C=N–C) groups is 1. The quantitative estimate of drug-likeness (QED) is 0.304. The number of aromatic amines is 1. The summed E-state index contributed by atoms with van der Waals surface area (Å²) in [5, 5.41) is 3.72. The van der Waals surface area contributed by atoms with Gasteiger partial charge in [0.2, 0.25) is 11.7 Å². The molecule has 0 atom stereocenters. The molecule has 0 spiro atoms. The second kappa shape index (κ2) is 9.35. The molecule has 8 nitrogen and oxygen atoms in total. The number of nitrogens with one attached hydrogen (secondary N) is 2. The number of nitrogens with two attached hydrogens (primary N) is 1. The Hall–Kier alpha value is -4.46. The number of nitrogens with zero attached hydrogens (tertiary/aromatic N) is 1. The summed E-state index contributed by atoms with van der Waals surface area (Å²) in [6.07, 6.45) is 0. The van der Waals surface area contributed by atoms with Crippen LogP contribution in [0.4, 0.5) is 5.69 Å². The molecule has 8 heteroatoms. The molecule has 4 rings (SSSR count). The van der Waals surface area contributed by atoms with E-state index in [-0.39, 0.29) is 11.5 Å². The summed E-state index contributed by atoms with van der Waals surface area (Å²) in [5.41, 5.74) is 9.88. The maximum absolute atomic E-state index is 12.7. The van der Waals surface area contributed by atoms with Crippen LogP contribution in [0.1, 0.15) is 10.4 Å². The van der Waals surface area contributed by atoms with Crippen LogP contribution in [0.25, 0.3) is 22.2 Å². The molecular weight excluding hydrogens is 420 g/mol. The highest BCUT2D eigenvalue weighted by Crippen LogP contribution is 2.38. The van der Waals surface area contributed by atoms with Crippen molar-refractivity contribution in [3.8, 4) is 28.5 Å². The Morgan fingerprint density at radius 1 is 0.909 bits per heavy atom. The topological polar surface area (TPSA) is 111 Å². The lowest BCUT2D eigenvalue weighted by molar-refractivity contribution is 0.0976. The van der Waals surface area contributed by atoms with E-state index in [0.717, 1.165) is 22.2 Å². The van der Waals surface area contributed by atoms with Crippen LogP contribution in [0.3, 0.4) is 0 Å². The molecule has 0 unspecified atom stereocenters. The van der Waals surface area contributed by atoms with Crippen molar-refractivity contribution in [2.45, 2.75) is 0 Å². The van der Waals surface area contributed by atoms with Crippen LogP contribution in [0, 0.1) is 0 Å². The number of benzene rings is 3. The molecular formula is C25H24N4O4. The zero-order valence-electron chi connectivity index (χ0n) is 18.5. The fraction of sp³-hybridized carbons (Fsp3) is 0.120. The van der Waals surface area contributed by atoms with E-state index in [1.165, 1.54) is 21.3 Å². The Labute approximate surface area is 191 Å². The van der Waals surface area contributed by atoms with E-state index < -0.39 is 5.91 Å². The highest BCUT2D eigenvalue weighted by Gasteiger charge is 2.17. The number of rotatable bonds is 6. The first-order valence-corrected chi connectivity index (χ1v) is 10.2. The van der Waals surface area contributed by atoms with E-state index in [1.54, 1.807) is 12.1 Å². The van der Waals surface area contributed by atoms with Gasteiger partial charge in [-0.2, -0.15) is 0 Å². The lowest BCUT2D eigenvalue weighted by Gasteiger charge is -2.14. The summed E-state index contributed by atoms with van der Waals surface area (Å²) in [6, 6.07) is 20.8. The van der Waals surface area contributed by atoms with Crippen LogP contribution >= 0.6 is 0 Å². The number of amides is 1. The van der Waals surface area contributed by atoms with Gasteiger partial charge in [0.25, 0.3) is 5.91 Å².